The molecule has 3 N–H and O–H groups in total. The van der Waals surface area contributed by atoms with Crippen LogP contribution in [0.2, 0.25) is 0 Å². The maximum Gasteiger partial charge on any atom is 0.286 e. The smallest absolute Gasteiger partial charge is 0.286 e. The second-order valence-electron chi connectivity index (χ2n) is 5.56. The van der Waals surface area contributed by atoms with Gasteiger partial charge in [0.1, 0.15) is 10.7 Å². The number of piperidine rings is 1. The van der Waals surface area contributed by atoms with Gasteiger partial charge in [0, 0.05) is 6.54 Å². The van der Waals surface area contributed by atoms with Gasteiger partial charge >= 0.3 is 0 Å². The van der Waals surface area contributed by atoms with E-state index in [0.29, 0.717) is 18.7 Å². The van der Waals surface area contributed by atoms with Crippen molar-refractivity contribution in [1.82, 2.24) is 10.6 Å². The Morgan fingerprint density at radius 3 is 2.91 bits per heavy atom. The minimum Gasteiger partial charge on any atom is -0.346 e. The zero-order valence-electron chi connectivity index (χ0n) is 12.3. The minimum absolute atomic E-state index is 0.0418. The molecule has 124 valence electrons. The van der Waals surface area contributed by atoms with Crippen molar-refractivity contribution in [2.75, 3.05) is 25.0 Å². The lowest BCUT2D eigenvalue weighted by Gasteiger charge is -2.29. The number of amides is 1. The number of hydrogen-bond donors (Lipinski definition) is 3. The first-order valence-corrected chi connectivity index (χ1v) is 8.73. The van der Waals surface area contributed by atoms with Gasteiger partial charge in [-0.1, -0.05) is 12.1 Å². The number of sulfonamides is 1. The van der Waals surface area contributed by atoms with Gasteiger partial charge in [0.15, 0.2) is 0 Å². The summed E-state index contributed by atoms with van der Waals surface area (Å²) in [5.41, 5.74) is -1.58. The standard InChI is InChI=1S/C14H17FN4O3S/c15-14(6-3-7-16-9-14)13(20)17-8-12-18-10-4-1-2-5-11(10)23(21,22)19-12/h1-2,4-5,16H,3,6-9H2,(H,17,20)(H,18,19). The predicted molar refractivity (Wildman–Crippen MR) is 83.6 cm³/mol. The fraction of sp³-hybridized carbons (Fsp3) is 0.429. The third-order valence-electron chi connectivity index (χ3n) is 3.83. The lowest BCUT2D eigenvalue weighted by molar-refractivity contribution is -0.133. The number of alkyl halides is 1. The van der Waals surface area contributed by atoms with E-state index in [0.717, 1.165) is 0 Å². The number of hydrogen-bond acceptors (Lipinski definition) is 5. The number of nitrogens with one attached hydrogen (secondary N) is 3. The van der Waals surface area contributed by atoms with Gasteiger partial charge in [0.05, 0.1) is 12.2 Å². The van der Waals surface area contributed by atoms with E-state index in [2.05, 4.69) is 20.3 Å². The molecule has 0 aliphatic carbocycles. The largest absolute Gasteiger partial charge is 0.346 e. The topological polar surface area (TPSA) is 99.7 Å². The highest BCUT2D eigenvalue weighted by atomic mass is 32.2. The second kappa shape index (κ2) is 5.89. The summed E-state index contributed by atoms with van der Waals surface area (Å²) in [5, 5.41) is 8.10. The van der Waals surface area contributed by atoms with E-state index in [-0.39, 0.29) is 30.2 Å². The maximum absolute atomic E-state index is 14.5. The number of benzene rings is 1. The molecule has 3 rings (SSSR count). The molecule has 0 saturated carbocycles. The van der Waals surface area contributed by atoms with Crippen LogP contribution in [-0.4, -0.2) is 45.5 Å². The van der Waals surface area contributed by atoms with Crippen molar-refractivity contribution in [3.63, 3.8) is 0 Å². The number of fused-ring (bicyclic) bond motifs is 1. The fourth-order valence-electron chi connectivity index (χ4n) is 2.63. The number of nitrogens with zero attached hydrogens (tertiary/aromatic N) is 1. The molecule has 2 aliphatic rings. The van der Waals surface area contributed by atoms with E-state index in [1.807, 2.05) is 0 Å². The highest BCUT2D eigenvalue weighted by Crippen LogP contribution is 2.26. The van der Waals surface area contributed by atoms with E-state index in [1.165, 1.54) is 6.07 Å². The molecule has 0 aromatic heterocycles. The number of rotatable bonds is 3. The van der Waals surface area contributed by atoms with Crippen molar-refractivity contribution in [1.29, 1.82) is 0 Å². The molecular formula is C14H17FN4O3S. The Balaban J connectivity index is 1.70. The third-order valence-corrected chi connectivity index (χ3v) is 5.20. The van der Waals surface area contributed by atoms with E-state index < -0.39 is 21.6 Å². The van der Waals surface area contributed by atoms with Crippen LogP contribution in [0.4, 0.5) is 10.1 Å². The number of amidine groups is 1. The van der Waals surface area contributed by atoms with E-state index in [4.69, 9.17) is 0 Å². The van der Waals surface area contributed by atoms with Gasteiger partial charge in [0.2, 0.25) is 5.67 Å². The zero-order valence-corrected chi connectivity index (χ0v) is 13.1. The molecule has 23 heavy (non-hydrogen) atoms. The van der Waals surface area contributed by atoms with Gasteiger partial charge in [-0.15, -0.1) is 4.40 Å². The summed E-state index contributed by atoms with van der Waals surface area (Å²) in [5.74, 6) is -0.699. The molecule has 0 bridgehead atoms. The minimum atomic E-state index is -3.81. The molecule has 1 unspecified atom stereocenters. The SMILES string of the molecule is O=C(NCC1=NS(=O)(=O)c2ccccc2N1)C1(F)CCCNC1. The molecule has 2 aliphatic heterocycles. The summed E-state index contributed by atoms with van der Waals surface area (Å²) in [7, 11) is -3.81. The van der Waals surface area contributed by atoms with E-state index in [1.54, 1.807) is 18.2 Å². The maximum atomic E-state index is 14.5. The molecule has 0 radical (unpaired) electrons. The van der Waals surface area contributed by atoms with Crippen LogP contribution in [0.3, 0.4) is 0 Å². The van der Waals surface area contributed by atoms with Crippen LogP contribution in [0.5, 0.6) is 0 Å². The van der Waals surface area contributed by atoms with Crippen molar-refractivity contribution < 1.29 is 17.6 Å². The zero-order chi connectivity index (χ0) is 16.5. The summed E-state index contributed by atoms with van der Waals surface area (Å²) >= 11 is 0. The first-order valence-electron chi connectivity index (χ1n) is 7.29. The van der Waals surface area contributed by atoms with Gasteiger partial charge < -0.3 is 16.0 Å². The Labute approximate surface area is 133 Å². The van der Waals surface area contributed by atoms with Crippen LogP contribution in [-0.2, 0) is 14.8 Å². The first-order chi connectivity index (χ1) is 10.9. The lowest BCUT2D eigenvalue weighted by Crippen LogP contribution is -2.54. The lowest BCUT2D eigenvalue weighted by atomic mass is 9.95. The molecule has 9 heteroatoms. The fourth-order valence-corrected chi connectivity index (χ4v) is 3.77. The molecule has 1 amide bonds. The van der Waals surface area contributed by atoms with Crippen LogP contribution >= 0.6 is 0 Å². The highest BCUT2D eigenvalue weighted by Gasteiger charge is 2.39. The predicted octanol–water partition coefficient (Wildman–Crippen LogP) is 0.407. The van der Waals surface area contributed by atoms with Gasteiger partial charge in [-0.3, -0.25) is 4.79 Å². The molecule has 1 atom stereocenters. The molecule has 1 fully saturated rings. The molecule has 1 aromatic rings. The van der Waals surface area contributed by atoms with Crippen molar-refractivity contribution in [2.24, 2.45) is 4.40 Å². The quantitative estimate of drug-likeness (QED) is 0.740. The van der Waals surface area contributed by atoms with Crippen LogP contribution in [0.15, 0.2) is 33.6 Å². The Bertz CT molecular complexity index is 757. The number of anilines is 1. The third kappa shape index (κ3) is 3.20. The van der Waals surface area contributed by atoms with Crippen LogP contribution in [0.25, 0.3) is 0 Å². The summed E-state index contributed by atoms with van der Waals surface area (Å²) in [4.78, 5) is 12.1. The van der Waals surface area contributed by atoms with Crippen LogP contribution in [0.1, 0.15) is 12.8 Å². The van der Waals surface area contributed by atoms with E-state index >= 15 is 0 Å². The molecule has 7 nitrogen and oxygen atoms in total. The molecule has 2 heterocycles. The average Bonchev–Trinajstić information content (AvgIpc) is 2.53. The van der Waals surface area contributed by atoms with Crippen LogP contribution < -0.4 is 16.0 Å². The van der Waals surface area contributed by atoms with Crippen molar-refractivity contribution in [3.05, 3.63) is 24.3 Å². The molecule has 1 aromatic carbocycles. The van der Waals surface area contributed by atoms with Crippen molar-refractivity contribution in [2.45, 2.75) is 23.4 Å². The van der Waals surface area contributed by atoms with Crippen LogP contribution in [0, 0.1) is 0 Å². The van der Waals surface area contributed by atoms with Gasteiger partial charge in [0.25, 0.3) is 15.9 Å². The van der Waals surface area contributed by atoms with Crippen molar-refractivity contribution in [3.8, 4) is 0 Å². The summed E-state index contributed by atoms with van der Waals surface area (Å²) in [6, 6.07) is 6.34. The number of carbonyl (C=O) groups is 1. The normalized spacial score (nSPS) is 25.7. The first kappa shape index (κ1) is 15.9. The van der Waals surface area contributed by atoms with Crippen molar-refractivity contribution >= 4 is 27.5 Å². The number of halogens is 1. The summed E-state index contributed by atoms with van der Waals surface area (Å²) in [6.07, 6.45) is 0.720. The number of carbonyl (C=O) groups excluding carboxylic acids is 1. The van der Waals surface area contributed by atoms with Gasteiger partial charge in [-0.25, -0.2) is 4.39 Å². The van der Waals surface area contributed by atoms with E-state index in [9.17, 15) is 17.6 Å². The number of para-hydroxylation sites is 1. The Kier molecular flexibility index (Phi) is 4.07. The Morgan fingerprint density at radius 2 is 2.17 bits per heavy atom. The highest BCUT2D eigenvalue weighted by molar-refractivity contribution is 7.90. The second-order valence-corrected chi connectivity index (χ2v) is 7.14. The summed E-state index contributed by atoms with van der Waals surface area (Å²) < 4.78 is 42.2. The van der Waals surface area contributed by atoms with Gasteiger partial charge in [-0.2, -0.15) is 8.42 Å². The molecule has 1 saturated heterocycles. The van der Waals surface area contributed by atoms with Gasteiger partial charge in [-0.05, 0) is 31.5 Å². The average molecular weight is 340 g/mol. The Hall–Kier alpha value is -2.00. The molecular weight excluding hydrogens is 323 g/mol. The monoisotopic (exact) mass is 340 g/mol. The Morgan fingerprint density at radius 1 is 1.39 bits per heavy atom. The molecule has 0 spiro atoms. The summed E-state index contributed by atoms with van der Waals surface area (Å²) in [6.45, 7) is 0.459.